The first-order chi connectivity index (χ1) is 8.42. The third-order valence-electron chi connectivity index (χ3n) is 4.10. The Bertz CT molecular complexity index is 332. The second-order valence-electron chi connectivity index (χ2n) is 5.37. The average molecular weight is 235 g/mol. The zero-order valence-electron chi connectivity index (χ0n) is 10.3. The molecular formula is C13H21N3O. The first-order valence-electron chi connectivity index (χ1n) is 6.76. The molecule has 0 aliphatic carbocycles. The Morgan fingerprint density at radius 1 is 1.41 bits per heavy atom. The molecule has 0 radical (unpaired) electrons. The van der Waals surface area contributed by atoms with Crippen molar-refractivity contribution in [3.8, 4) is 0 Å². The minimum absolute atomic E-state index is 0.764. The summed E-state index contributed by atoms with van der Waals surface area (Å²) in [6, 6.07) is 0.764. The number of rotatable bonds is 3. The fourth-order valence-corrected chi connectivity index (χ4v) is 3.24. The average Bonchev–Trinajstić information content (AvgIpc) is 3.01. The molecule has 3 rings (SSSR count). The minimum Gasteiger partial charge on any atom is -0.364 e. The molecule has 3 heterocycles. The van der Waals surface area contributed by atoms with E-state index in [1.165, 1.54) is 50.9 Å². The summed E-state index contributed by atoms with van der Waals surface area (Å²) in [5.41, 5.74) is 1.20. The van der Waals surface area contributed by atoms with Gasteiger partial charge in [0.15, 0.2) is 0 Å². The van der Waals surface area contributed by atoms with E-state index in [4.69, 9.17) is 4.52 Å². The molecule has 0 bridgehead atoms. The van der Waals surface area contributed by atoms with Crippen molar-refractivity contribution in [1.29, 1.82) is 0 Å². The lowest BCUT2D eigenvalue weighted by atomic mass is 9.89. The number of hydrogen-bond donors (Lipinski definition) is 1. The van der Waals surface area contributed by atoms with Gasteiger partial charge in [0.05, 0.1) is 6.20 Å². The van der Waals surface area contributed by atoms with Gasteiger partial charge in [-0.1, -0.05) is 5.16 Å². The maximum Gasteiger partial charge on any atom is 0.128 e. The minimum atomic E-state index is 0.764. The number of nitrogens with one attached hydrogen (secondary N) is 1. The molecule has 2 saturated heterocycles. The molecule has 0 aromatic carbocycles. The van der Waals surface area contributed by atoms with Crippen LogP contribution in [0, 0.1) is 5.92 Å². The highest BCUT2D eigenvalue weighted by Gasteiger charge is 2.28. The predicted molar refractivity (Wildman–Crippen MR) is 65.5 cm³/mol. The first-order valence-corrected chi connectivity index (χ1v) is 6.76. The van der Waals surface area contributed by atoms with Crippen molar-refractivity contribution >= 4 is 0 Å². The van der Waals surface area contributed by atoms with Gasteiger partial charge in [-0.3, -0.25) is 4.90 Å². The molecule has 1 N–H and O–H groups in total. The SMILES string of the molecule is c1nocc1CN1CCCC(C2CCCN2)C1. The van der Waals surface area contributed by atoms with E-state index in [2.05, 4.69) is 15.4 Å². The molecule has 2 atom stereocenters. The third-order valence-corrected chi connectivity index (χ3v) is 4.10. The van der Waals surface area contributed by atoms with E-state index in [-0.39, 0.29) is 0 Å². The van der Waals surface area contributed by atoms with E-state index in [9.17, 15) is 0 Å². The van der Waals surface area contributed by atoms with Crippen molar-refractivity contribution in [2.45, 2.75) is 38.3 Å². The first kappa shape index (κ1) is 11.2. The van der Waals surface area contributed by atoms with Crippen LogP contribution in [0.25, 0.3) is 0 Å². The van der Waals surface area contributed by atoms with E-state index < -0.39 is 0 Å². The van der Waals surface area contributed by atoms with Crippen LogP contribution in [0.1, 0.15) is 31.2 Å². The molecule has 1 aromatic heterocycles. The Morgan fingerprint density at radius 3 is 3.18 bits per heavy atom. The van der Waals surface area contributed by atoms with Crippen molar-refractivity contribution in [3.05, 3.63) is 18.0 Å². The molecule has 94 valence electrons. The molecule has 2 unspecified atom stereocenters. The fraction of sp³-hybridized carbons (Fsp3) is 0.769. The van der Waals surface area contributed by atoms with Gasteiger partial charge in [0, 0.05) is 24.7 Å². The van der Waals surface area contributed by atoms with Gasteiger partial charge in [-0.15, -0.1) is 0 Å². The van der Waals surface area contributed by atoms with Crippen molar-refractivity contribution in [2.75, 3.05) is 19.6 Å². The molecule has 2 aliphatic rings. The maximum atomic E-state index is 4.89. The summed E-state index contributed by atoms with van der Waals surface area (Å²) in [5, 5.41) is 7.42. The zero-order chi connectivity index (χ0) is 11.5. The van der Waals surface area contributed by atoms with Gasteiger partial charge in [-0.05, 0) is 44.7 Å². The summed E-state index contributed by atoms with van der Waals surface area (Å²) in [6.07, 6.45) is 9.03. The Morgan fingerprint density at radius 2 is 2.41 bits per heavy atom. The van der Waals surface area contributed by atoms with Gasteiger partial charge in [0.2, 0.25) is 0 Å². The van der Waals surface area contributed by atoms with Crippen LogP contribution in [-0.4, -0.2) is 35.7 Å². The van der Waals surface area contributed by atoms with Crippen molar-refractivity contribution in [2.24, 2.45) is 5.92 Å². The second-order valence-corrected chi connectivity index (χ2v) is 5.37. The summed E-state index contributed by atoms with van der Waals surface area (Å²) < 4.78 is 4.89. The Kier molecular flexibility index (Phi) is 3.43. The molecule has 2 fully saturated rings. The topological polar surface area (TPSA) is 41.3 Å². The molecule has 17 heavy (non-hydrogen) atoms. The smallest absolute Gasteiger partial charge is 0.128 e. The molecule has 2 aliphatic heterocycles. The highest BCUT2D eigenvalue weighted by atomic mass is 16.5. The normalized spacial score (nSPS) is 30.8. The number of likely N-dealkylation sites (tertiary alicyclic amines) is 1. The van der Waals surface area contributed by atoms with Gasteiger partial charge in [-0.2, -0.15) is 0 Å². The van der Waals surface area contributed by atoms with Crippen molar-refractivity contribution < 1.29 is 4.52 Å². The van der Waals surface area contributed by atoms with Gasteiger partial charge < -0.3 is 9.84 Å². The lowest BCUT2D eigenvalue weighted by Crippen LogP contribution is -2.43. The van der Waals surface area contributed by atoms with Crippen LogP contribution in [-0.2, 0) is 6.54 Å². The molecular weight excluding hydrogens is 214 g/mol. The summed E-state index contributed by atoms with van der Waals surface area (Å²) in [4.78, 5) is 2.54. The number of nitrogens with zero attached hydrogens (tertiary/aromatic N) is 2. The van der Waals surface area contributed by atoms with Crippen LogP contribution in [0.3, 0.4) is 0 Å². The van der Waals surface area contributed by atoms with Crippen LogP contribution in [0.15, 0.2) is 17.0 Å². The van der Waals surface area contributed by atoms with Crippen LogP contribution >= 0.6 is 0 Å². The largest absolute Gasteiger partial charge is 0.364 e. The Hall–Kier alpha value is -0.870. The van der Waals surface area contributed by atoms with Gasteiger partial charge >= 0.3 is 0 Å². The van der Waals surface area contributed by atoms with Gasteiger partial charge in [-0.25, -0.2) is 0 Å². The summed E-state index contributed by atoms with van der Waals surface area (Å²) in [5.74, 6) is 0.839. The summed E-state index contributed by atoms with van der Waals surface area (Å²) in [7, 11) is 0. The molecule has 0 spiro atoms. The van der Waals surface area contributed by atoms with Crippen LogP contribution in [0.4, 0.5) is 0 Å². The molecule has 4 heteroatoms. The molecule has 4 nitrogen and oxygen atoms in total. The number of piperidine rings is 1. The van der Waals surface area contributed by atoms with Gasteiger partial charge in [0.25, 0.3) is 0 Å². The third kappa shape index (κ3) is 2.69. The van der Waals surface area contributed by atoms with E-state index in [0.717, 1.165) is 18.5 Å². The molecule has 0 saturated carbocycles. The maximum absolute atomic E-state index is 4.89. The number of hydrogen-bond acceptors (Lipinski definition) is 4. The van der Waals surface area contributed by atoms with Gasteiger partial charge in [0.1, 0.15) is 6.26 Å². The fourth-order valence-electron chi connectivity index (χ4n) is 3.24. The van der Waals surface area contributed by atoms with Crippen molar-refractivity contribution in [3.63, 3.8) is 0 Å². The second kappa shape index (κ2) is 5.19. The Balaban J connectivity index is 1.55. The van der Waals surface area contributed by atoms with Crippen LogP contribution in [0.5, 0.6) is 0 Å². The monoisotopic (exact) mass is 235 g/mol. The Labute approximate surface area is 102 Å². The van der Waals surface area contributed by atoms with Crippen LogP contribution in [0.2, 0.25) is 0 Å². The lowest BCUT2D eigenvalue weighted by molar-refractivity contribution is 0.145. The van der Waals surface area contributed by atoms with Crippen LogP contribution < -0.4 is 5.32 Å². The predicted octanol–water partition coefficient (Wildman–Crippen LogP) is 1.64. The van der Waals surface area contributed by atoms with E-state index in [0.29, 0.717) is 0 Å². The lowest BCUT2D eigenvalue weighted by Gasteiger charge is -2.35. The molecule has 1 aromatic rings. The molecule has 0 amide bonds. The number of aromatic nitrogens is 1. The standard InChI is InChI=1S/C13H21N3O/c1-4-13(14-5-1)12-3-2-6-16(9-12)8-11-7-15-17-10-11/h7,10,12-14H,1-6,8-9H2. The van der Waals surface area contributed by atoms with E-state index in [1.54, 1.807) is 6.26 Å². The van der Waals surface area contributed by atoms with E-state index in [1.807, 2.05) is 6.20 Å². The quantitative estimate of drug-likeness (QED) is 0.864. The van der Waals surface area contributed by atoms with E-state index >= 15 is 0 Å². The highest BCUT2D eigenvalue weighted by molar-refractivity contribution is 5.00. The zero-order valence-corrected chi connectivity index (χ0v) is 10.3. The summed E-state index contributed by atoms with van der Waals surface area (Å²) in [6.45, 7) is 4.65. The van der Waals surface area contributed by atoms with Crippen molar-refractivity contribution in [1.82, 2.24) is 15.4 Å². The highest BCUT2D eigenvalue weighted by Crippen LogP contribution is 2.25. The summed E-state index contributed by atoms with van der Waals surface area (Å²) >= 11 is 0.